The van der Waals surface area contributed by atoms with E-state index in [0.29, 0.717) is 29.4 Å². The molecule has 0 bridgehead atoms. The maximum Gasteiger partial charge on any atom is 0.248 e. The van der Waals surface area contributed by atoms with Crippen LogP contribution in [0.15, 0.2) is 28.9 Å². The summed E-state index contributed by atoms with van der Waals surface area (Å²) in [5, 5.41) is 7.46. The van der Waals surface area contributed by atoms with Crippen molar-refractivity contribution in [1.82, 2.24) is 15.2 Å². The second-order valence-corrected chi connectivity index (χ2v) is 6.24. The van der Waals surface area contributed by atoms with Crippen LogP contribution in [-0.2, 0) is 17.6 Å². The number of aromatic nitrogens is 2. The molecule has 7 nitrogen and oxygen atoms in total. The molecule has 2 heterocycles. The number of hydrogen-bond acceptors (Lipinski definition) is 5. The number of carbonyl (C=O) groups is 2. The maximum atomic E-state index is 12.4. The van der Waals surface area contributed by atoms with Crippen LogP contribution in [0.5, 0.6) is 0 Å². The zero-order chi connectivity index (χ0) is 17.1. The van der Waals surface area contributed by atoms with Crippen molar-refractivity contribution in [2.24, 2.45) is 11.7 Å². The maximum absolute atomic E-state index is 12.4. The predicted octanol–water partition coefficient (Wildman–Crippen LogP) is 1.11. The van der Waals surface area contributed by atoms with E-state index < -0.39 is 5.91 Å². The van der Waals surface area contributed by atoms with E-state index in [-0.39, 0.29) is 12.3 Å². The third kappa shape index (κ3) is 3.61. The first-order chi connectivity index (χ1) is 11.5. The molecule has 0 unspecified atom stereocenters. The molecule has 0 aliphatic carbocycles. The Hall–Kier alpha value is -2.70. The molecule has 0 radical (unpaired) electrons. The molecule has 1 aliphatic rings. The van der Waals surface area contributed by atoms with Gasteiger partial charge in [-0.05, 0) is 43.4 Å². The molecule has 2 aromatic rings. The highest BCUT2D eigenvalue weighted by atomic mass is 16.6. The van der Waals surface area contributed by atoms with Crippen LogP contribution in [0.4, 0.5) is 0 Å². The summed E-state index contributed by atoms with van der Waals surface area (Å²) in [6.45, 7) is 3.23. The minimum absolute atomic E-state index is 0.0437. The van der Waals surface area contributed by atoms with Crippen LogP contribution in [0.2, 0.25) is 0 Å². The van der Waals surface area contributed by atoms with Crippen molar-refractivity contribution in [1.29, 1.82) is 0 Å². The molecule has 0 saturated carbocycles. The van der Waals surface area contributed by atoms with Gasteiger partial charge in [0.1, 0.15) is 11.4 Å². The Labute approximate surface area is 139 Å². The number of carbonyl (C=O) groups excluding carboxylic acids is 2. The first kappa shape index (κ1) is 16.2. The lowest BCUT2D eigenvalue weighted by molar-refractivity contribution is -0.129. The highest BCUT2D eigenvalue weighted by molar-refractivity contribution is 5.92. The minimum Gasteiger partial charge on any atom is -0.366 e. The summed E-state index contributed by atoms with van der Waals surface area (Å²) in [6, 6.07) is 7.37. The Morgan fingerprint density at radius 2 is 2.21 bits per heavy atom. The fraction of sp³-hybridized carbons (Fsp3) is 0.412. The van der Waals surface area contributed by atoms with Crippen molar-refractivity contribution in [2.45, 2.75) is 26.2 Å². The summed E-state index contributed by atoms with van der Waals surface area (Å²) < 4.78 is 4.63. The number of likely N-dealkylation sites (tertiary alicyclic amines) is 1. The van der Waals surface area contributed by atoms with Crippen molar-refractivity contribution in [2.75, 3.05) is 13.1 Å². The summed E-state index contributed by atoms with van der Waals surface area (Å²) in [7, 11) is 0. The van der Waals surface area contributed by atoms with E-state index in [1.807, 2.05) is 23.1 Å². The molecule has 1 saturated heterocycles. The number of benzene rings is 1. The third-order valence-electron chi connectivity index (χ3n) is 4.44. The first-order valence-corrected chi connectivity index (χ1v) is 7.97. The smallest absolute Gasteiger partial charge is 0.248 e. The molecular formula is C17H20N4O3. The Kier molecular flexibility index (Phi) is 4.59. The van der Waals surface area contributed by atoms with Crippen molar-refractivity contribution in [3.8, 4) is 0 Å². The molecule has 2 N–H and O–H groups in total. The van der Waals surface area contributed by atoms with Gasteiger partial charge in [-0.3, -0.25) is 9.59 Å². The average molecular weight is 328 g/mol. The van der Waals surface area contributed by atoms with Crippen LogP contribution < -0.4 is 5.73 Å². The molecule has 24 heavy (non-hydrogen) atoms. The van der Waals surface area contributed by atoms with Gasteiger partial charge < -0.3 is 10.6 Å². The molecule has 1 aromatic carbocycles. The van der Waals surface area contributed by atoms with Gasteiger partial charge in [0.05, 0.1) is 6.42 Å². The van der Waals surface area contributed by atoms with Crippen LogP contribution in [0.1, 0.15) is 33.7 Å². The highest BCUT2D eigenvalue weighted by Gasteiger charge is 2.27. The number of amides is 2. The molecule has 1 aliphatic heterocycles. The third-order valence-corrected chi connectivity index (χ3v) is 4.44. The summed E-state index contributed by atoms with van der Waals surface area (Å²) in [6.07, 6.45) is 2.00. The number of rotatable bonds is 5. The zero-order valence-electron chi connectivity index (χ0n) is 13.6. The van der Waals surface area contributed by atoms with Crippen LogP contribution in [0, 0.1) is 12.8 Å². The fourth-order valence-electron chi connectivity index (χ4n) is 3.08. The molecule has 1 atom stereocenters. The van der Waals surface area contributed by atoms with E-state index in [0.717, 1.165) is 24.9 Å². The largest absolute Gasteiger partial charge is 0.366 e. The first-order valence-electron chi connectivity index (χ1n) is 7.97. The van der Waals surface area contributed by atoms with Crippen molar-refractivity contribution >= 4 is 11.8 Å². The van der Waals surface area contributed by atoms with E-state index in [9.17, 15) is 9.59 Å². The summed E-state index contributed by atoms with van der Waals surface area (Å²) in [5.41, 5.74) is 8.16. The summed E-state index contributed by atoms with van der Waals surface area (Å²) >= 11 is 0. The normalized spacial score (nSPS) is 17.2. The van der Waals surface area contributed by atoms with Gasteiger partial charge >= 0.3 is 0 Å². The molecule has 1 aromatic heterocycles. The van der Waals surface area contributed by atoms with Crippen LogP contribution in [-0.4, -0.2) is 40.1 Å². The van der Waals surface area contributed by atoms with E-state index >= 15 is 0 Å². The minimum atomic E-state index is -0.420. The predicted molar refractivity (Wildman–Crippen MR) is 86.1 cm³/mol. The molecule has 0 spiro atoms. The standard InChI is InChI=1S/C17H20N4O3/c1-11-15(20-24-19-11)9-16(22)21-6-5-13(10-21)7-12-3-2-4-14(8-12)17(18)23/h2-4,8,13H,5-7,9-10H2,1H3,(H2,18,23)/t13-/m1/s1. The average Bonchev–Trinajstić information content (AvgIpc) is 3.17. The van der Waals surface area contributed by atoms with Crippen molar-refractivity contribution < 1.29 is 14.2 Å². The Morgan fingerprint density at radius 1 is 1.38 bits per heavy atom. The number of primary amides is 1. The number of nitrogens with zero attached hydrogens (tertiary/aromatic N) is 3. The van der Waals surface area contributed by atoms with Crippen LogP contribution in [0.25, 0.3) is 0 Å². The van der Waals surface area contributed by atoms with Crippen molar-refractivity contribution in [3.05, 3.63) is 46.8 Å². The number of nitrogens with two attached hydrogens (primary N) is 1. The highest BCUT2D eigenvalue weighted by Crippen LogP contribution is 2.22. The monoisotopic (exact) mass is 328 g/mol. The SMILES string of the molecule is Cc1nonc1CC(=O)N1CC[C@H](Cc2cccc(C(N)=O)c2)C1. The van der Waals surface area contributed by atoms with Gasteiger partial charge in [0.25, 0.3) is 0 Å². The van der Waals surface area contributed by atoms with Gasteiger partial charge in [-0.25, -0.2) is 4.63 Å². The molecule has 2 amide bonds. The summed E-state index contributed by atoms with van der Waals surface area (Å²) in [5.74, 6) is 0.00691. The molecule has 7 heteroatoms. The van der Waals surface area contributed by atoms with E-state index in [1.54, 1.807) is 13.0 Å². The van der Waals surface area contributed by atoms with E-state index in [2.05, 4.69) is 14.9 Å². The zero-order valence-corrected chi connectivity index (χ0v) is 13.6. The molecular weight excluding hydrogens is 308 g/mol. The second kappa shape index (κ2) is 6.82. The quantitative estimate of drug-likeness (QED) is 0.886. The Bertz CT molecular complexity index is 756. The van der Waals surface area contributed by atoms with Crippen molar-refractivity contribution in [3.63, 3.8) is 0 Å². The number of hydrogen-bond donors (Lipinski definition) is 1. The van der Waals surface area contributed by atoms with Crippen LogP contribution in [0.3, 0.4) is 0 Å². The second-order valence-electron chi connectivity index (χ2n) is 6.24. The lowest BCUT2D eigenvalue weighted by atomic mass is 9.97. The van der Waals surface area contributed by atoms with E-state index in [4.69, 9.17) is 5.73 Å². The van der Waals surface area contributed by atoms with Gasteiger partial charge in [-0.1, -0.05) is 22.4 Å². The Morgan fingerprint density at radius 3 is 2.92 bits per heavy atom. The molecule has 1 fully saturated rings. The molecule has 126 valence electrons. The molecule has 3 rings (SSSR count). The summed E-state index contributed by atoms with van der Waals surface area (Å²) in [4.78, 5) is 25.5. The van der Waals surface area contributed by atoms with Gasteiger partial charge in [0.15, 0.2) is 0 Å². The lowest BCUT2D eigenvalue weighted by Gasteiger charge is -2.16. The van der Waals surface area contributed by atoms with Gasteiger partial charge in [-0.2, -0.15) is 0 Å². The van der Waals surface area contributed by atoms with Gasteiger partial charge in [-0.15, -0.1) is 0 Å². The van der Waals surface area contributed by atoms with Gasteiger partial charge in [0.2, 0.25) is 11.8 Å². The van der Waals surface area contributed by atoms with Gasteiger partial charge in [0, 0.05) is 18.7 Å². The van der Waals surface area contributed by atoms with Crippen LogP contribution >= 0.6 is 0 Å². The number of aryl methyl sites for hydroxylation is 1. The Balaban J connectivity index is 1.57. The fourth-order valence-corrected chi connectivity index (χ4v) is 3.08. The topological polar surface area (TPSA) is 102 Å². The lowest BCUT2D eigenvalue weighted by Crippen LogP contribution is -2.30. The van der Waals surface area contributed by atoms with E-state index in [1.165, 1.54) is 0 Å².